The van der Waals surface area contributed by atoms with Crippen LogP contribution in [0.15, 0.2) is 54.7 Å². The molecule has 10 heteroatoms. The van der Waals surface area contributed by atoms with Crippen molar-refractivity contribution in [3.05, 3.63) is 77.1 Å². The summed E-state index contributed by atoms with van der Waals surface area (Å²) in [7, 11) is 0. The van der Waals surface area contributed by atoms with Gasteiger partial charge in [0.15, 0.2) is 5.78 Å². The molecule has 1 aromatic heterocycles. The normalized spacial score (nSPS) is 11.8. The van der Waals surface area contributed by atoms with Gasteiger partial charge in [-0.25, -0.2) is 4.79 Å². The molecule has 212 valence electrons. The average Bonchev–Trinajstić information content (AvgIpc) is 2.83. The number of ether oxygens (including phenoxy) is 1. The Balaban J connectivity index is 1.82. The van der Waals surface area contributed by atoms with Gasteiger partial charge >= 0.3 is 12.3 Å². The fraction of sp³-hybridized carbons (Fsp3) is 0.333. The minimum Gasteiger partial charge on any atom is -0.444 e. The number of carbonyl (C=O) groups excluding carboxylic acids is 3. The summed E-state index contributed by atoms with van der Waals surface area (Å²) in [6, 6.07) is 12.3. The van der Waals surface area contributed by atoms with Gasteiger partial charge in [0.25, 0.3) is 0 Å². The van der Waals surface area contributed by atoms with Crippen molar-refractivity contribution in [1.29, 1.82) is 0 Å². The second-order valence-electron chi connectivity index (χ2n) is 10.7. The summed E-state index contributed by atoms with van der Waals surface area (Å²) in [5, 5.41) is 4.72. The molecule has 1 heterocycles. The highest BCUT2D eigenvalue weighted by molar-refractivity contribution is 6.12. The molecule has 0 atom stereocenters. The van der Waals surface area contributed by atoms with Crippen LogP contribution >= 0.6 is 0 Å². The Morgan fingerprint density at radius 1 is 0.925 bits per heavy atom. The quantitative estimate of drug-likeness (QED) is 0.229. The molecule has 0 aliphatic carbocycles. The molecule has 0 spiro atoms. The molecule has 7 nitrogen and oxygen atoms in total. The molecular weight excluding hydrogens is 523 g/mol. The molecule has 2 amide bonds. The second-order valence-corrected chi connectivity index (χ2v) is 10.7. The van der Waals surface area contributed by atoms with E-state index >= 15 is 0 Å². The summed E-state index contributed by atoms with van der Waals surface area (Å²) in [6.07, 6.45) is -4.53. The lowest BCUT2D eigenvalue weighted by Gasteiger charge is -2.21. The van der Waals surface area contributed by atoms with Crippen molar-refractivity contribution >= 4 is 29.2 Å². The molecular formula is C30H32F3N3O4. The maximum atomic E-state index is 13.6. The lowest BCUT2D eigenvalue weighted by molar-refractivity contribution is -0.138. The molecule has 0 bridgehead atoms. The van der Waals surface area contributed by atoms with Crippen LogP contribution in [0.2, 0.25) is 0 Å². The highest BCUT2D eigenvalue weighted by Crippen LogP contribution is 2.37. The number of aromatic nitrogens is 1. The summed E-state index contributed by atoms with van der Waals surface area (Å²) in [4.78, 5) is 42.5. The fourth-order valence-electron chi connectivity index (χ4n) is 3.87. The van der Waals surface area contributed by atoms with E-state index in [0.717, 1.165) is 29.0 Å². The lowest BCUT2D eigenvalue weighted by Crippen LogP contribution is -2.28. The molecule has 40 heavy (non-hydrogen) atoms. The number of nitrogens with one attached hydrogen (secondary N) is 2. The van der Waals surface area contributed by atoms with Gasteiger partial charge in [0.1, 0.15) is 5.60 Å². The SMILES string of the molecule is Cc1cc(NC(=O)OC(C)(C)C)c(NC(=O)CC(=O)c2cccc(-c3ccc(C(C)C)nc3)c2)cc1C(F)(F)F. The van der Waals surface area contributed by atoms with Gasteiger partial charge in [-0.2, -0.15) is 13.2 Å². The zero-order valence-corrected chi connectivity index (χ0v) is 23.2. The van der Waals surface area contributed by atoms with Crippen molar-refractivity contribution in [3.63, 3.8) is 0 Å². The van der Waals surface area contributed by atoms with Crippen molar-refractivity contribution in [2.24, 2.45) is 0 Å². The number of aryl methyl sites for hydroxylation is 1. The number of pyridine rings is 1. The first-order valence-corrected chi connectivity index (χ1v) is 12.6. The van der Waals surface area contributed by atoms with Crippen molar-refractivity contribution in [3.8, 4) is 11.1 Å². The minimum atomic E-state index is -4.70. The van der Waals surface area contributed by atoms with E-state index in [1.807, 2.05) is 32.0 Å². The van der Waals surface area contributed by atoms with Crippen LogP contribution in [0.4, 0.5) is 29.3 Å². The number of nitrogens with zero attached hydrogens (tertiary/aromatic N) is 1. The van der Waals surface area contributed by atoms with E-state index in [2.05, 4.69) is 15.6 Å². The lowest BCUT2D eigenvalue weighted by atomic mass is 10.00. The fourth-order valence-corrected chi connectivity index (χ4v) is 3.87. The van der Waals surface area contributed by atoms with E-state index in [0.29, 0.717) is 0 Å². The first-order chi connectivity index (χ1) is 18.5. The van der Waals surface area contributed by atoms with E-state index in [4.69, 9.17) is 4.74 Å². The molecule has 3 aromatic rings. The Morgan fingerprint density at radius 3 is 2.17 bits per heavy atom. The van der Waals surface area contributed by atoms with Crippen LogP contribution in [0.5, 0.6) is 0 Å². The molecule has 0 aliphatic heterocycles. The van der Waals surface area contributed by atoms with Gasteiger partial charge in [-0.15, -0.1) is 0 Å². The predicted octanol–water partition coefficient (Wildman–Crippen LogP) is 7.76. The molecule has 0 unspecified atom stereocenters. The van der Waals surface area contributed by atoms with Crippen molar-refractivity contribution in [2.75, 3.05) is 10.6 Å². The Hall–Kier alpha value is -4.21. The Morgan fingerprint density at radius 2 is 1.60 bits per heavy atom. The number of carbonyl (C=O) groups is 3. The summed E-state index contributed by atoms with van der Waals surface area (Å²) in [5.74, 6) is -1.11. The largest absolute Gasteiger partial charge is 0.444 e. The predicted molar refractivity (Wildman–Crippen MR) is 147 cm³/mol. The van der Waals surface area contributed by atoms with Crippen LogP contribution in [0.3, 0.4) is 0 Å². The van der Waals surface area contributed by atoms with E-state index in [9.17, 15) is 27.6 Å². The third kappa shape index (κ3) is 8.14. The molecule has 0 fully saturated rings. The third-order valence-corrected chi connectivity index (χ3v) is 5.80. The number of hydrogen-bond acceptors (Lipinski definition) is 5. The summed E-state index contributed by atoms with van der Waals surface area (Å²) in [6.45, 7) is 10.2. The molecule has 2 N–H and O–H groups in total. The Bertz CT molecular complexity index is 1410. The van der Waals surface area contributed by atoms with E-state index in [-0.39, 0.29) is 28.4 Å². The van der Waals surface area contributed by atoms with Crippen LogP contribution in [0, 0.1) is 6.92 Å². The van der Waals surface area contributed by atoms with Crippen molar-refractivity contribution < 1.29 is 32.3 Å². The van der Waals surface area contributed by atoms with Crippen LogP contribution in [-0.4, -0.2) is 28.4 Å². The molecule has 3 rings (SSSR count). The standard InChI is InChI=1S/C30H32F3N3O4/c1-17(2)23-11-10-21(16-34-23)19-8-7-9-20(13-19)26(37)15-27(38)35-25-14-22(30(31,32)33)18(3)12-24(25)36-28(39)40-29(4,5)6/h7-14,16-17H,15H2,1-6H3,(H,35,38)(H,36,39). The van der Waals surface area contributed by atoms with Gasteiger partial charge < -0.3 is 10.1 Å². The van der Waals surface area contributed by atoms with Gasteiger partial charge in [0.2, 0.25) is 5.91 Å². The molecule has 0 radical (unpaired) electrons. The van der Waals surface area contributed by atoms with Crippen LogP contribution in [0.1, 0.15) is 74.1 Å². The smallest absolute Gasteiger partial charge is 0.416 e. The van der Waals surface area contributed by atoms with E-state index in [1.54, 1.807) is 45.2 Å². The zero-order chi connectivity index (χ0) is 29.8. The monoisotopic (exact) mass is 555 g/mol. The molecule has 0 aliphatic rings. The number of alkyl halides is 3. The highest BCUT2D eigenvalue weighted by atomic mass is 19.4. The number of benzene rings is 2. The summed E-state index contributed by atoms with van der Waals surface area (Å²) < 4.78 is 45.9. The highest BCUT2D eigenvalue weighted by Gasteiger charge is 2.34. The maximum absolute atomic E-state index is 13.6. The number of halogens is 3. The summed E-state index contributed by atoms with van der Waals surface area (Å²) in [5.41, 5.74) is 0.278. The Kier molecular flexibility index (Phi) is 9.02. The molecule has 2 aromatic carbocycles. The van der Waals surface area contributed by atoms with Crippen LogP contribution in [-0.2, 0) is 15.7 Å². The van der Waals surface area contributed by atoms with Gasteiger partial charge in [-0.05, 0) is 69.0 Å². The number of hydrogen-bond donors (Lipinski definition) is 2. The third-order valence-electron chi connectivity index (χ3n) is 5.80. The Labute approximate surface area is 231 Å². The topological polar surface area (TPSA) is 97.4 Å². The first-order valence-electron chi connectivity index (χ1n) is 12.6. The van der Waals surface area contributed by atoms with Gasteiger partial charge in [-0.3, -0.25) is 19.9 Å². The van der Waals surface area contributed by atoms with E-state index in [1.165, 1.54) is 6.92 Å². The average molecular weight is 556 g/mol. The van der Waals surface area contributed by atoms with Crippen LogP contribution in [0.25, 0.3) is 11.1 Å². The van der Waals surface area contributed by atoms with Crippen molar-refractivity contribution in [1.82, 2.24) is 4.98 Å². The summed E-state index contributed by atoms with van der Waals surface area (Å²) >= 11 is 0. The number of anilines is 2. The molecule has 0 saturated heterocycles. The number of Topliss-reactive ketones (excluding diaryl/α,β-unsaturated/α-hetero) is 1. The zero-order valence-electron chi connectivity index (χ0n) is 23.2. The second kappa shape index (κ2) is 11.9. The van der Waals surface area contributed by atoms with Crippen molar-refractivity contribution in [2.45, 2.75) is 65.7 Å². The van der Waals surface area contributed by atoms with E-state index < -0.39 is 41.5 Å². The minimum absolute atomic E-state index is 0.0973. The van der Waals surface area contributed by atoms with Gasteiger partial charge in [0, 0.05) is 23.0 Å². The van der Waals surface area contributed by atoms with Crippen LogP contribution < -0.4 is 10.6 Å². The number of rotatable bonds is 7. The number of ketones is 1. The number of amides is 2. The maximum Gasteiger partial charge on any atom is 0.416 e. The first kappa shape index (κ1) is 30.3. The van der Waals surface area contributed by atoms with Gasteiger partial charge in [0.05, 0.1) is 23.4 Å². The van der Waals surface area contributed by atoms with Gasteiger partial charge in [-0.1, -0.05) is 38.1 Å². The molecule has 0 saturated carbocycles.